The third-order valence-corrected chi connectivity index (χ3v) is 1.04. The van der Waals surface area contributed by atoms with Gasteiger partial charge >= 0.3 is 0 Å². The van der Waals surface area contributed by atoms with E-state index in [1.165, 1.54) is 18.3 Å². The maximum atomic E-state index is 11.6. The van der Waals surface area contributed by atoms with Crippen LogP contribution in [-0.4, -0.2) is 18.0 Å². The first-order valence-electron chi connectivity index (χ1n) is 3.12. The van der Waals surface area contributed by atoms with Crippen molar-refractivity contribution >= 4 is 0 Å². The number of aromatic nitrogens is 1. The molecule has 1 aromatic rings. The molecule has 0 bridgehead atoms. The normalized spacial score (nSPS) is 9.55. The number of nitrogens with zero attached hydrogens (tertiary/aromatic N) is 1. The van der Waals surface area contributed by atoms with Crippen molar-refractivity contribution in [2.24, 2.45) is 0 Å². The molecule has 3 nitrogen and oxygen atoms in total. The van der Waals surface area contributed by atoms with Crippen LogP contribution >= 0.6 is 0 Å². The molecular formula is C7H7FNO2. The van der Waals surface area contributed by atoms with Gasteiger partial charge in [-0.3, -0.25) is 4.79 Å². The predicted molar refractivity (Wildman–Crippen MR) is 37.0 cm³/mol. The van der Waals surface area contributed by atoms with Crippen LogP contribution in [0.3, 0.4) is 0 Å². The van der Waals surface area contributed by atoms with Crippen LogP contribution in [0.4, 0.5) is 4.39 Å². The number of alkyl halides is 1. The zero-order valence-electron chi connectivity index (χ0n) is 5.79. The van der Waals surface area contributed by atoms with Gasteiger partial charge in [0.05, 0.1) is 0 Å². The maximum absolute atomic E-state index is 11.6. The molecule has 1 radical (unpaired) electrons. The molecule has 0 amide bonds. The Morgan fingerprint density at radius 2 is 2.55 bits per heavy atom. The Morgan fingerprint density at radius 1 is 1.73 bits per heavy atom. The molecule has 0 unspecified atom stereocenters. The molecule has 0 aliphatic carbocycles. The molecule has 0 aromatic carbocycles. The molecule has 4 heteroatoms. The van der Waals surface area contributed by atoms with Crippen LogP contribution in [0.25, 0.3) is 0 Å². The van der Waals surface area contributed by atoms with Gasteiger partial charge in [0.1, 0.15) is 13.3 Å². The van der Waals surface area contributed by atoms with Gasteiger partial charge < -0.3 is 4.84 Å². The highest BCUT2D eigenvalue weighted by Crippen LogP contribution is 1.76. The summed E-state index contributed by atoms with van der Waals surface area (Å²) in [4.78, 5) is 15.5. The van der Waals surface area contributed by atoms with E-state index in [0.717, 1.165) is 4.73 Å². The van der Waals surface area contributed by atoms with Crippen LogP contribution in [0.1, 0.15) is 0 Å². The summed E-state index contributed by atoms with van der Waals surface area (Å²) >= 11 is 0. The lowest BCUT2D eigenvalue weighted by atomic mass is 10.5. The van der Waals surface area contributed by atoms with E-state index in [9.17, 15) is 9.18 Å². The zero-order chi connectivity index (χ0) is 8.10. The van der Waals surface area contributed by atoms with Crippen molar-refractivity contribution in [3.8, 4) is 0 Å². The first kappa shape index (κ1) is 7.78. The van der Waals surface area contributed by atoms with Crippen LogP contribution in [0, 0.1) is 6.07 Å². The van der Waals surface area contributed by atoms with Crippen LogP contribution in [-0.2, 0) is 0 Å². The average Bonchev–Trinajstić information content (AvgIpc) is 2.03. The average molecular weight is 156 g/mol. The van der Waals surface area contributed by atoms with Crippen LogP contribution < -0.4 is 10.4 Å². The summed E-state index contributed by atoms with van der Waals surface area (Å²) in [7, 11) is 0. The molecule has 0 aliphatic rings. The summed E-state index contributed by atoms with van der Waals surface area (Å²) in [6, 6.07) is 5.30. The van der Waals surface area contributed by atoms with E-state index in [1.54, 1.807) is 0 Å². The van der Waals surface area contributed by atoms with E-state index >= 15 is 0 Å². The Bertz CT molecular complexity index is 271. The molecule has 59 valence electrons. The second kappa shape index (κ2) is 3.75. The lowest BCUT2D eigenvalue weighted by Gasteiger charge is -2.03. The molecule has 0 spiro atoms. The largest absolute Gasteiger partial charge is 0.408 e. The van der Waals surface area contributed by atoms with Crippen LogP contribution in [0.15, 0.2) is 23.1 Å². The minimum atomic E-state index is -0.606. The fourth-order valence-electron chi connectivity index (χ4n) is 0.607. The molecule has 0 saturated carbocycles. The third-order valence-electron chi connectivity index (χ3n) is 1.04. The molecule has 1 heterocycles. The van der Waals surface area contributed by atoms with E-state index < -0.39 is 6.67 Å². The number of rotatable bonds is 3. The smallest absolute Gasteiger partial charge is 0.283 e. The van der Waals surface area contributed by atoms with Crippen molar-refractivity contribution in [1.29, 1.82) is 0 Å². The Balaban J connectivity index is 2.70. The van der Waals surface area contributed by atoms with Crippen molar-refractivity contribution in [2.75, 3.05) is 13.3 Å². The van der Waals surface area contributed by atoms with Crippen molar-refractivity contribution in [1.82, 2.24) is 4.73 Å². The summed E-state index contributed by atoms with van der Waals surface area (Å²) < 4.78 is 12.5. The third kappa shape index (κ3) is 2.07. The second-order valence-electron chi connectivity index (χ2n) is 1.81. The van der Waals surface area contributed by atoms with Crippen LogP contribution in [0.5, 0.6) is 0 Å². The van der Waals surface area contributed by atoms with Gasteiger partial charge in [-0.15, -0.1) is 0 Å². The maximum Gasteiger partial charge on any atom is 0.283 e. The van der Waals surface area contributed by atoms with Gasteiger partial charge in [-0.05, 0) is 12.1 Å². The highest BCUT2D eigenvalue weighted by molar-refractivity contribution is 4.89. The highest BCUT2D eigenvalue weighted by Gasteiger charge is 1.91. The Hall–Kier alpha value is -1.32. The molecule has 0 saturated heterocycles. The number of hydrogen-bond acceptors (Lipinski definition) is 2. The van der Waals surface area contributed by atoms with Crippen molar-refractivity contribution in [2.45, 2.75) is 0 Å². The minimum absolute atomic E-state index is 0.107. The van der Waals surface area contributed by atoms with Gasteiger partial charge in [0, 0.05) is 12.3 Å². The van der Waals surface area contributed by atoms with E-state index in [-0.39, 0.29) is 12.2 Å². The summed E-state index contributed by atoms with van der Waals surface area (Å²) in [6.45, 7) is -0.713. The number of pyridine rings is 1. The quantitative estimate of drug-likeness (QED) is 0.619. The molecule has 0 fully saturated rings. The molecule has 0 N–H and O–H groups in total. The molecule has 11 heavy (non-hydrogen) atoms. The first-order valence-corrected chi connectivity index (χ1v) is 3.12. The standard InChI is InChI=1S/C7H7FNO2/c8-4-6-11-9-5-2-1-3-7(9)10/h2-3,5H,4,6H2. The van der Waals surface area contributed by atoms with Gasteiger partial charge in [-0.25, -0.2) is 4.39 Å². The van der Waals surface area contributed by atoms with Crippen molar-refractivity contribution in [3.05, 3.63) is 34.7 Å². The van der Waals surface area contributed by atoms with E-state index in [0.29, 0.717) is 0 Å². The summed E-state index contributed by atoms with van der Waals surface area (Å²) in [5, 5.41) is 0. The van der Waals surface area contributed by atoms with Gasteiger partial charge in [0.2, 0.25) is 0 Å². The lowest BCUT2D eigenvalue weighted by Crippen LogP contribution is -2.26. The van der Waals surface area contributed by atoms with E-state index in [1.807, 2.05) is 0 Å². The van der Waals surface area contributed by atoms with Crippen molar-refractivity contribution < 1.29 is 9.23 Å². The van der Waals surface area contributed by atoms with Gasteiger partial charge in [0.15, 0.2) is 0 Å². The summed E-state index contributed by atoms with van der Waals surface area (Å²) in [5.41, 5.74) is -0.346. The lowest BCUT2D eigenvalue weighted by molar-refractivity contribution is 0.0899. The zero-order valence-corrected chi connectivity index (χ0v) is 5.79. The fourth-order valence-corrected chi connectivity index (χ4v) is 0.607. The predicted octanol–water partition coefficient (Wildman–Crippen LogP) is 0.0466. The molecule has 1 aromatic heterocycles. The van der Waals surface area contributed by atoms with E-state index in [4.69, 9.17) is 4.84 Å². The topological polar surface area (TPSA) is 31.2 Å². The molecule has 1 rings (SSSR count). The molecule has 0 atom stereocenters. The van der Waals surface area contributed by atoms with Gasteiger partial charge in [-0.2, -0.15) is 4.73 Å². The SMILES string of the molecule is O=c1c[c]ccn1OCCF. The van der Waals surface area contributed by atoms with Gasteiger partial charge in [0.25, 0.3) is 5.56 Å². The highest BCUT2D eigenvalue weighted by atomic mass is 19.1. The Labute approximate surface area is 63.0 Å². The number of hydrogen-bond donors (Lipinski definition) is 0. The minimum Gasteiger partial charge on any atom is -0.408 e. The van der Waals surface area contributed by atoms with Crippen LogP contribution in [0.2, 0.25) is 0 Å². The monoisotopic (exact) mass is 156 g/mol. The van der Waals surface area contributed by atoms with Gasteiger partial charge in [-0.1, -0.05) is 0 Å². The second-order valence-corrected chi connectivity index (χ2v) is 1.81. The summed E-state index contributed by atoms with van der Waals surface area (Å²) in [6.07, 6.45) is 1.39. The number of halogens is 1. The molecule has 0 aliphatic heterocycles. The fraction of sp³-hybridized carbons (Fsp3) is 0.286. The van der Waals surface area contributed by atoms with Crippen molar-refractivity contribution in [3.63, 3.8) is 0 Å². The molecular weight excluding hydrogens is 149 g/mol. The Kier molecular flexibility index (Phi) is 2.66. The van der Waals surface area contributed by atoms with E-state index in [2.05, 4.69) is 6.07 Å². The Morgan fingerprint density at radius 3 is 3.18 bits per heavy atom. The summed E-state index contributed by atoms with van der Waals surface area (Å²) in [5.74, 6) is 0. The first-order chi connectivity index (χ1) is 5.34.